The standard InChI is InChI=1S/C15H20FN3/c1-3-9-19-15(7-8-18-19)13-6-5-12(10-14(13)16)11-17-4-2/h5-8,10,17H,3-4,9,11H2,1-2H3. The van der Waals surface area contributed by atoms with Crippen LogP contribution in [0.2, 0.25) is 0 Å². The highest BCUT2D eigenvalue weighted by atomic mass is 19.1. The zero-order valence-electron chi connectivity index (χ0n) is 11.5. The first-order valence-corrected chi connectivity index (χ1v) is 6.77. The van der Waals surface area contributed by atoms with E-state index in [9.17, 15) is 4.39 Å². The van der Waals surface area contributed by atoms with Crippen LogP contribution >= 0.6 is 0 Å². The van der Waals surface area contributed by atoms with Crippen LogP contribution in [0.25, 0.3) is 11.3 Å². The second-order valence-corrected chi connectivity index (χ2v) is 4.53. The monoisotopic (exact) mass is 261 g/mol. The smallest absolute Gasteiger partial charge is 0.132 e. The van der Waals surface area contributed by atoms with Gasteiger partial charge in [-0.2, -0.15) is 5.10 Å². The zero-order chi connectivity index (χ0) is 13.7. The average Bonchev–Trinajstić information content (AvgIpc) is 2.85. The zero-order valence-corrected chi connectivity index (χ0v) is 11.5. The molecule has 3 nitrogen and oxygen atoms in total. The van der Waals surface area contributed by atoms with Crippen molar-refractivity contribution in [1.82, 2.24) is 15.1 Å². The number of aryl methyl sites for hydroxylation is 1. The number of halogens is 1. The molecule has 0 atom stereocenters. The molecule has 19 heavy (non-hydrogen) atoms. The van der Waals surface area contributed by atoms with Crippen LogP contribution in [0.5, 0.6) is 0 Å². The summed E-state index contributed by atoms with van der Waals surface area (Å²) >= 11 is 0. The Morgan fingerprint density at radius 1 is 1.26 bits per heavy atom. The van der Waals surface area contributed by atoms with E-state index in [2.05, 4.69) is 17.3 Å². The topological polar surface area (TPSA) is 29.9 Å². The van der Waals surface area contributed by atoms with E-state index in [0.717, 1.165) is 30.8 Å². The number of nitrogens with zero attached hydrogens (tertiary/aromatic N) is 2. The second-order valence-electron chi connectivity index (χ2n) is 4.53. The summed E-state index contributed by atoms with van der Waals surface area (Å²) in [5, 5.41) is 7.43. The van der Waals surface area contributed by atoms with E-state index >= 15 is 0 Å². The minimum atomic E-state index is -0.187. The highest BCUT2D eigenvalue weighted by Gasteiger charge is 2.10. The Morgan fingerprint density at radius 2 is 2.11 bits per heavy atom. The first-order valence-electron chi connectivity index (χ1n) is 6.77. The van der Waals surface area contributed by atoms with Crippen LogP contribution in [0.3, 0.4) is 0 Å². The maximum atomic E-state index is 14.2. The Labute approximate surface area is 113 Å². The van der Waals surface area contributed by atoms with Crippen molar-refractivity contribution < 1.29 is 4.39 Å². The van der Waals surface area contributed by atoms with Gasteiger partial charge in [-0.05, 0) is 36.7 Å². The third-order valence-electron chi connectivity index (χ3n) is 3.04. The Balaban J connectivity index is 2.27. The molecule has 0 spiro atoms. The van der Waals surface area contributed by atoms with Gasteiger partial charge in [-0.25, -0.2) is 4.39 Å². The lowest BCUT2D eigenvalue weighted by atomic mass is 10.1. The second kappa shape index (κ2) is 6.48. The molecular weight excluding hydrogens is 241 g/mol. The van der Waals surface area contributed by atoms with Gasteiger partial charge in [-0.1, -0.05) is 19.9 Å². The first-order chi connectivity index (χ1) is 9.26. The van der Waals surface area contributed by atoms with Crippen molar-refractivity contribution in [1.29, 1.82) is 0 Å². The summed E-state index contributed by atoms with van der Waals surface area (Å²) in [6, 6.07) is 7.26. The van der Waals surface area contributed by atoms with E-state index in [-0.39, 0.29) is 5.82 Å². The molecule has 2 rings (SSSR count). The number of aromatic nitrogens is 2. The summed E-state index contributed by atoms with van der Waals surface area (Å²) in [6.45, 7) is 6.50. The molecule has 1 N–H and O–H groups in total. The van der Waals surface area contributed by atoms with Crippen LogP contribution in [-0.2, 0) is 13.1 Å². The number of hydrogen-bond donors (Lipinski definition) is 1. The lowest BCUT2D eigenvalue weighted by Gasteiger charge is -2.09. The number of rotatable bonds is 6. The van der Waals surface area contributed by atoms with E-state index < -0.39 is 0 Å². The third kappa shape index (κ3) is 3.20. The molecule has 0 radical (unpaired) electrons. The molecule has 0 amide bonds. The van der Waals surface area contributed by atoms with Gasteiger partial charge in [0.25, 0.3) is 0 Å². The van der Waals surface area contributed by atoms with Crippen LogP contribution in [-0.4, -0.2) is 16.3 Å². The lowest BCUT2D eigenvalue weighted by Crippen LogP contribution is -2.12. The maximum Gasteiger partial charge on any atom is 0.132 e. The van der Waals surface area contributed by atoms with E-state index in [1.807, 2.05) is 29.8 Å². The lowest BCUT2D eigenvalue weighted by molar-refractivity contribution is 0.596. The highest BCUT2D eigenvalue weighted by molar-refractivity contribution is 5.60. The van der Waals surface area contributed by atoms with Gasteiger partial charge in [0, 0.05) is 24.8 Å². The SMILES string of the molecule is CCCn1nccc1-c1ccc(CNCC)cc1F. The minimum Gasteiger partial charge on any atom is -0.313 e. The van der Waals surface area contributed by atoms with Gasteiger partial charge in [-0.15, -0.1) is 0 Å². The molecule has 0 bridgehead atoms. The fourth-order valence-electron chi connectivity index (χ4n) is 2.10. The van der Waals surface area contributed by atoms with Crippen LogP contribution in [0, 0.1) is 5.82 Å². The van der Waals surface area contributed by atoms with Crippen LogP contribution < -0.4 is 5.32 Å². The molecule has 0 aliphatic heterocycles. The van der Waals surface area contributed by atoms with Crippen molar-refractivity contribution in [2.24, 2.45) is 0 Å². The average molecular weight is 261 g/mol. The van der Waals surface area contributed by atoms with Gasteiger partial charge >= 0.3 is 0 Å². The van der Waals surface area contributed by atoms with Crippen LogP contribution in [0.1, 0.15) is 25.8 Å². The van der Waals surface area contributed by atoms with E-state index in [1.54, 1.807) is 12.3 Å². The highest BCUT2D eigenvalue weighted by Crippen LogP contribution is 2.23. The van der Waals surface area contributed by atoms with E-state index in [0.29, 0.717) is 12.1 Å². The summed E-state index contributed by atoms with van der Waals surface area (Å²) in [6.07, 6.45) is 2.70. The normalized spacial score (nSPS) is 10.9. The Morgan fingerprint density at radius 3 is 2.79 bits per heavy atom. The van der Waals surface area contributed by atoms with Gasteiger partial charge < -0.3 is 5.32 Å². The minimum absolute atomic E-state index is 0.187. The largest absolute Gasteiger partial charge is 0.313 e. The van der Waals surface area contributed by atoms with Gasteiger partial charge in [0.15, 0.2) is 0 Å². The van der Waals surface area contributed by atoms with Crippen LogP contribution in [0.15, 0.2) is 30.5 Å². The molecule has 0 saturated heterocycles. The predicted molar refractivity (Wildman–Crippen MR) is 75.3 cm³/mol. The van der Waals surface area contributed by atoms with Crippen molar-refractivity contribution in [3.05, 3.63) is 41.8 Å². The fourth-order valence-corrected chi connectivity index (χ4v) is 2.10. The van der Waals surface area contributed by atoms with Crippen LogP contribution in [0.4, 0.5) is 4.39 Å². The summed E-state index contributed by atoms with van der Waals surface area (Å²) in [5.41, 5.74) is 2.42. The molecule has 102 valence electrons. The quantitative estimate of drug-likeness (QED) is 0.865. The van der Waals surface area contributed by atoms with Gasteiger partial charge in [0.2, 0.25) is 0 Å². The number of hydrogen-bond acceptors (Lipinski definition) is 2. The molecule has 1 aromatic carbocycles. The van der Waals surface area contributed by atoms with Gasteiger partial charge in [0.1, 0.15) is 5.82 Å². The van der Waals surface area contributed by atoms with Crippen molar-refractivity contribution >= 4 is 0 Å². The molecule has 4 heteroatoms. The molecule has 0 unspecified atom stereocenters. The fraction of sp³-hybridized carbons (Fsp3) is 0.400. The van der Waals surface area contributed by atoms with E-state index in [1.165, 1.54) is 0 Å². The molecule has 0 fully saturated rings. The Hall–Kier alpha value is -1.68. The predicted octanol–water partition coefficient (Wildman–Crippen LogP) is 3.21. The maximum absolute atomic E-state index is 14.2. The summed E-state index contributed by atoms with van der Waals surface area (Å²) in [7, 11) is 0. The number of nitrogens with one attached hydrogen (secondary N) is 1. The molecule has 1 heterocycles. The number of benzene rings is 1. The molecule has 0 saturated carbocycles. The Kier molecular flexibility index (Phi) is 4.68. The van der Waals surface area contributed by atoms with E-state index in [4.69, 9.17) is 0 Å². The summed E-state index contributed by atoms with van der Waals surface area (Å²) < 4.78 is 16.0. The molecule has 2 aromatic rings. The van der Waals surface area contributed by atoms with Gasteiger partial charge in [-0.3, -0.25) is 4.68 Å². The summed E-state index contributed by atoms with van der Waals surface area (Å²) in [5.74, 6) is -0.187. The molecular formula is C15H20FN3. The van der Waals surface area contributed by atoms with Crippen molar-refractivity contribution in [2.45, 2.75) is 33.4 Å². The van der Waals surface area contributed by atoms with Crippen molar-refractivity contribution in [2.75, 3.05) is 6.54 Å². The molecule has 0 aliphatic carbocycles. The summed E-state index contributed by atoms with van der Waals surface area (Å²) in [4.78, 5) is 0. The molecule has 0 aliphatic rings. The molecule has 1 aromatic heterocycles. The van der Waals surface area contributed by atoms with Crippen molar-refractivity contribution in [3.63, 3.8) is 0 Å². The van der Waals surface area contributed by atoms with Gasteiger partial charge in [0.05, 0.1) is 5.69 Å². The van der Waals surface area contributed by atoms with Crippen molar-refractivity contribution in [3.8, 4) is 11.3 Å². The Bertz CT molecular complexity index is 534. The first kappa shape index (κ1) is 13.7. The third-order valence-corrected chi connectivity index (χ3v) is 3.04.